The first-order valence-corrected chi connectivity index (χ1v) is 10.6. The first-order chi connectivity index (χ1) is 16.8. The van der Waals surface area contributed by atoms with Gasteiger partial charge in [0, 0.05) is 17.0 Å². The van der Waals surface area contributed by atoms with Crippen LogP contribution in [0.5, 0.6) is 11.5 Å². The maximum absolute atomic E-state index is 13.5. The maximum Gasteiger partial charge on any atom is 0.416 e. The minimum Gasteiger partial charge on any atom is -0.497 e. The molecule has 0 aliphatic heterocycles. The van der Waals surface area contributed by atoms with Gasteiger partial charge in [0.1, 0.15) is 11.5 Å². The molecule has 0 amide bonds. The van der Waals surface area contributed by atoms with Gasteiger partial charge in [-0.1, -0.05) is 24.3 Å². The minimum absolute atomic E-state index is 0.0681. The second kappa shape index (κ2) is 8.46. The second-order valence-electron chi connectivity index (χ2n) is 7.86. The summed E-state index contributed by atoms with van der Waals surface area (Å²) < 4.78 is 52.8. The Hall–Kier alpha value is -4.34. The first-order valence-electron chi connectivity index (χ1n) is 10.6. The van der Waals surface area contributed by atoms with Crippen LogP contribution in [0.2, 0.25) is 0 Å². The molecule has 2 heterocycles. The molecule has 0 aliphatic carbocycles. The number of ether oxygens (including phenoxy) is 2. The van der Waals surface area contributed by atoms with Gasteiger partial charge in [0.25, 0.3) is 0 Å². The van der Waals surface area contributed by atoms with Crippen LogP contribution in [0, 0.1) is 0 Å². The molecule has 0 radical (unpaired) electrons. The first kappa shape index (κ1) is 22.5. The second-order valence-corrected chi connectivity index (χ2v) is 7.86. The highest BCUT2D eigenvalue weighted by Gasteiger charge is 2.30. The van der Waals surface area contributed by atoms with Crippen molar-refractivity contribution in [3.8, 4) is 22.9 Å². The topological polar surface area (TPSA) is 70.7 Å². The smallest absolute Gasteiger partial charge is 0.416 e. The van der Waals surface area contributed by atoms with Gasteiger partial charge in [-0.25, -0.2) is 9.78 Å². The van der Waals surface area contributed by atoms with E-state index < -0.39 is 17.4 Å². The van der Waals surface area contributed by atoms with E-state index in [2.05, 4.69) is 10.1 Å². The molecule has 0 spiro atoms. The maximum atomic E-state index is 13.5. The molecule has 0 unspecified atom stereocenters. The van der Waals surface area contributed by atoms with Crippen LogP contribution in [0.1, 0.15) is 11.1 Å². The molecule has 0 bridgehead atoms. The van der Waals surface area contributed by atoms with E-state index in [9.17, 15) is 18.0 Å². The van der Waals surface area contributed by atoms with Crippen molar-refractivity contribution in [3.63, 3.8) is 0 Å². The van der Waals surface area contributed by atoms with Crippen LogP contribution in [-0.2, 0) is 12.7 Å². The number of hydrogen-bond acceptors (Lipinski definition) is 5. The van der Waals surface area contributed by atoms with Gasteiger partial charge in [0.2, 0.25) is 0 Å². The molecule has 3 aromatic carbocycles. The Bertz CT molecular complexity index is 1600. The molecule has 0 saturated carbocycles. The van der Waals surface area contributed by atoms with Gasteiger partial charge < -0.3 is 9.47 Å². The van der Waals surface area contributed by atoms with E-state index in [4.69, 9.17) is 9.47 Å². The van der Waals surface area contributed by atoms with Crippen LogP contribution >= 0.6 is 0 Å². The average molecular weight is 480 g/mol. The van der Waals surface area contributed by atoms with Gasteiger partial charge in [-0.3, -0.25) is 4.57 Å². The van der Waals surface area contributed by atoms with Gasteiger partial charge >= 0.3 is 11.9 Å². The molecule has 35 heavy (non-hydrogen) atoms. The van der Waals surface area contributed by atoms with Crippen molar-refractivity contribution in [1.82, 2.24) is 19.2 Å². The van der Waals surface area contributed by atoms with Crippen molar-refractivity contribution in [3.05, 3.63) is 88.3 Å². The summed E-state index contributed by atoms with van der Waals surface area (Å²) in [7, 11) is 3.05. The van der Waals surface area contributed by atoms with Crippen molar-refractivity contribution in [2.45, 2.75) is 12.7 Å². The van der Waals surface area contributed by atoms with Gasteiger partial charge in [-0.15, -0.1) is 5.10 Å². The highest BCUT2D eigenvalue weighted by molar-refractivity contribution is 5.92. The molecule has 5 rings (SSSR count). The number of alkyl halides is 3. The Morgan fingerprint density at radius 1 is 0.914 bits per heavy atom. The highest BCUT2D eigenvalue weighted by Crippen LogP contribution is 2.31. The monoisotopic (exact) mass is 480 g/mol. The van der Waals surface area contributed by atoms with Gasteiger partial charge in [-0.2, -0.15) is 17.7 Å². The van der Waals surface area contributed by atoms with Crippen molar-refractivity contribution in [2.24, 2.45) is 0 Å². The van der Waals surface area contributed by atoms with Crippen LogP contribution in [0.25, 0.3) is 27.9 Å². The van der Waals surface area contributed by atoms with E-state index in [1.54, 1.807) is 48.5 Å². The summed E-state index contributed by atoms with van der Waals surface area (Å²) in [6.45, 7) is -0.0681. The number of para-hydroxylation sites is 1. The van der Waals surface area contributed by atoms with Crippen molar-refractivity contribution in [1.29, 1.82) is 0 Å². The minimum atomic E-state index is -4.48. The van der Waals surface area contributed by atoms with Gasteiger partial charge in [0.05, 0.1) is 31.8 Å². The third kappa shape index (κ3) is 4.07. The number of fused-ring (bicyclic) bond motifs is 3. The molecule has 178 valence electrons. The Labute approximate surface area is 197 Å². The number of rotatable bonds is 5. The predicted octanol–water partition coefficient (Wildman–Crippen LogP) is 4.80. The molecule has 0 saturated heterocycles. The lowest BCUT2D eigenvalue weighted by Gasteiger charge is -2.13. The largest absolute Gasteiger partial charge is 0.497 e. The third-order valence-electron chi connectivity index (χ3n) is 5.66. The molecule has 7 nitrogen and oxygen atoms in total. The highest BCUT2D eigenvalue weighted by atomic mass is 19.4. The molecular formula is C25H19F3N4O3. The van der Waals surface area contributed by atoms with Crippen LogP contribution in [0.3, 0.4) is 0 Å². The standard InChI is InChI=1S/C25H19F3N4O3/c1-34-18-11-16(12-19(13-18)35-2)22-29-23-20-8-3-4-9-21(20)31(24(33)32(23)30-22)14-15-6-5-7-17(10-15)25(26,27)28/h3-13H,14H2,1-2H3. The number of hydrogen-bond donors (Lipinski definition) is 0. The fourth-order valence-corrected chi connectivity index (χ4v) is 3.98. The molecule has 0 atom stereocenters. The summed E-state index contributed by atoms with van der Waals surface area (Å²) >= 11 is 0. The van der Waals surface area contributed by atoms with Crippen molar-refractivity contribution >= 4 is 16.6 Å². The fraction of sp³-hybridized carbons (Fsp3) is 0.160. The summed E-state index contributed by atoms with van der Waals surface area (Å²) in [6, 6.07) is 17.1. The molecule has 0 aliphatic rings. The van der Waals surface area contributed by atoms with E-state index >= 15 is 0 Å². The molecule has 5 aromatic rings. The van der Waals surface area contributed by atoms with Gasteiger partial charge in [0.15, 0.2) is 11.5 Å². The third-order valence-corrected chi connectivity index (χ3v) is 5.66. The number of benzene rings is 3. The zero-order valence-corrected chi connectivity index (χ0v) is 18.7. The normalized spacial score (nSPS) is 11.8. The van der Waals surface area contributed by atoms with Crippen LogP contribution in [0.4, 0.5) is 13.2 Å². The SMILES string of the molecule is COc1cc(OC)cc(-c2nc3c4ccccc4n(Cc4cccc(C(F)(F)F)c4)c(=O)n3n2)c1. The quantitative estimate of drug-likeness (QED) is 0.362. The Morgan fingerprint density at radius 2 is 1.63 bits per heavy atom. The molecule has 10 heteroatoms. The van der Waals surface area contributed by atoms with E-state index in [0.717, 1.165) is 16.6 Å². The average Bonchev–Trinajstić information content (AvgIpc) is 3.32. The molecule has 0 fully saturated rings. The van der Waals surface area contributed by atoms with Crippen molar-refractivity contribution in [2.75, 3.05) is 14.2 Å². The van der Waals surface area contributed by atoms with Crippen LogP contribution in [-0.4, -0.2) is 33.4 Å². The van der Waals surface area contributed by atoms with Crippen LogP contribution in [0.15, 0.2) is 71.5 Å². The summed E-state index contributed by atoms with van der Waals surface area (Å²) in [5, 5.41) is 5.06. The van der Waals surface area contributed by atoms with Crippen LogP contribution < -0.4 is 15.2 Å². The van der Waals surface area contributed by atoms with E-state index in [-0.39, 0.29) is 12.4 Å². The predicted molar refractivity (Wildman–Crippen MR) is 124 cm³/mol. The van der Waals surface area contributed by atoms with E-state index in [1.165, 1.54) is 24.9 Å². The summed E-state index contributed by atoms with van der Waals surface area (Å²) in [5.74, 6) is 1.34. The van der Waals surface area contributed by atoms with E-state index in [1.807, 2.05) is 0 Å². The Kier molecular flexibility index (Phi) is 5.43. The lowest BCUT2D eigenvalue weighted by Crippen LogP contribution is -2.28. The Balaban J connectivity index is 1.70. The number of halogens is 3. The zero-order chi connectivity index (χ0) is 24.7. The summed E-state index contributed by atoms with van der Waals surface area (Å²) in [6.07, 6.45) is -4.48. The number of aromatic nitrogens is 4. The fourth-order valence-electron chi connectivity index (χ4n) is 3.98. The lowest BCUT2D eigenvalue weighted by atomic mass is 10.1. The lowest BCUT2D eigenvalue weighted by molar-refractivity contribution is -0.137. The Morgan fingerprint density at radius 3 is 2.31 bits per heavy atom. The van der Waals surface area contributed by atoms with Crippen molar-refractivity contribution < 1.29 is 22.6 Å². The summed E-state index contributed by atoms with van der Waals surface area (Å²) in [5.41, 5.74) is 0.488. The number of nitrogens with zero attached hydrogens (tertiary/aromatic N) is 4. The number of methoxy groups -OCH3 is 2. The molecule has 2 aromatic heterocycles. The van der Waals surface area contributed by atoms with E-state index in [0.29, 0.717) is 39.2 Å². The summed E-state index contributed by atoms with van der Waals surface area (Å²) in [4.78, 5) is 18.1. The molecular weight excluding hydrogens is 461 g/mol. The van der Waals surface area contributed by atoms with Gasteiger partial charge in [-0.05, 0) is 42.0 Å². The molecule has 0 N–H and O–H groups in total. The zero-order valence-electron chi connectivity index (χ0n) is 18.7.